The lowest BCUT2D eigenvalue weighted by Crippen LogP contribution is -2.41. The molecule has 2 aromatic carbocycles. The van der Waals surface area contributed by atoms with Gasteiger partial charge >= 0.3 is 6.18 Å². The number of nitrogen functional groups attached to an aromatic ring is 1. The average molecular weight is 535 g/mol. The lowest BCUT2D eigenvalue weighted by Gasteiger charge is -2.30. The first-order valence-corrected chi connectivity index (χ1v) is 11.7. The summed E-state index contributed by atoms with van der Waals surface area (Å²) in [4.78, 5) is 25.9. The third kappa shape index (κ3) is 5.42. The maximum atomic E-state index is 14.0. The molecule has 2 amide bonds. The summed E-state index contributed by atoms with van der Waals surface area (Å²) in [5.74, 6) is -2.43. The second-order valence-corrected chi connectivity index (χ2v) is 8.80. The third-order valence-electron chi connectivity index (χ3n) is 6.29. The van der Waals surface area contributed by atoms with Crippen LogP contribution in [0.5, 0.6) is 5.75 Å². The number of hydrogen-bond donors (Lipinski definition) is 3. The molecular formula is C25H26F4N6O3. The lowest BCUT2D eigenvalue weighted by molar-refractivity contribution is -0.207. The molecule has 202 valence electrons. The van der Waals surface area contributed by atoms with E-state index in [9.17, 15) is 27.2 Å². The monoisotopic (exact) mass is 534 g/mol. The SMILES string of the molecule is COc1ccc(F)cc1C(=O)NCc1ccc(-c2nn(C(N3CCCC3)C(F)(F)F)c(N)c2C(N)=O)cc1. The summed E-state index contributed by atoms with van der Waals surface area (Å²) in [5, 5.41) is 6.75. The highest BCUT2D eigenvalue weighted by molar-refractivity contribution is 6.03. The van der Waals surface area contributed by atoms with Gasteiger partial charge in [-0.2, -0.15) is 18.3 Å². The van der Waals surface area contributed by atoms with Crippen molar-refractivity contribution in [3.63, 3.8) is 0 Å². The highest BCUT2D eigenvalue weighted by Crippen LogP contribution is 2.39. The molecule has 9 nitrogen and oxygen atoms in total. The zero-order valence-electron chi connectivity index (χ0n) is 20.4. The molecule has 2 heterocycles. The van der Waals surface area contributed by atoms with Crippen LogP contribution >= 0.6 is 0 Å². The molecule has 1 fully saturated rings. The Bertz CT molecular complexity index is 1330. The fourth-order valence-electron chi connectivity index (χ4n) is 4.48. The fourth-order valence-corrected chi connectivity index (χ4v) is 4.48. The van der Waals surface area contributed by atoms with Crippen LogP contribution in [0, 0.1) is 5.82 Å². The molecule has 1 aliphatic heterocycles. The number of halogens is 4. The van der Waals surface area contributed by atoms with Gasteiger partial charge in [-0.3, -0.25) is 14.5 Å². The number of aromatic nitrogens is 2. The van der Waals surface area contributed by atoms with Gasteiger partial charge in [0.25, 0.3) is 11.8 Å². The molecular weight excluding hydrogens is 508 g/mol. The highest BCUT2D eigenvalue weighted by atomic mass is 19.4. The van der Waals surface area contributed by atoms with Crippen LogP contribution in [0.25, 0.3) is 11.3 Å². The first kappa shape index (κ1) is 26.9. The van der Waals surface area contributed by atoms with E-state index in [0.717, 1.165) is 6.07 Å². The number of rotatable bonds is 8. The Morgan fingerprint density at radius 3 is 2.37 bits per heavy atom. The van der Waals surface area contributed by atoms with Crippen LogP contribution in [-0.2, 0) is 6.54 Å². The van der Waals surface area contributed by atoms with Crippen LogP contribution in [0.1, 0.15) is 45.3 Å². The van der Waals surface area contributed by atoms with Crippen molar-refractivity contribution in [2.24, 2.45) is 5.73 Å². The molecule has 1 saturated heterocycles. The molecule has 4 rings (SSSR count). The van der Waals surface area contributed by atoms with Gasteiger partial charge in [0.15, 0.2) is 0 Å². The van der Waals surface area contributed by atoms with E-state index in [1.165, 1.54) is 36.3 Å². The molecule has 0 radical (unpaired) electrons. The normalized spacial score (nSPS) is 14.9. The molecule has 13 heteroatoms. The van der Waals surface area contributed by atoms with Gasteiger partial charge in [-0.05, 0) is 36.6 Å². The zero-order chi connectivity index (χ0) is 27.6. The molecule has 3 aromatic rings. The Morgan fingerprint density at radius 2 is 1.79 bits per heavy atom. The zero-order valence-corrected chi connectivity index (χ0v) is 20.4. The summed E-state index contributed by atoms with van der Waals surface area (Å²) in [6.07, 6.45) is -5.62. The topological polar surface area (TPSA) is 128 Å². The van der Waals surface area contributed by atoms with E-state index in [1.54, 1.807) is 12.1 Å². The lowest BCUT2D eigenvalue weighted by atomic mass is 10.0. The molecule has 0 bridgehead atoms. The number of hydrogen-bond acceptors (Lipinski definition) is 6. The van der Waals surface area contributed by atoms with Gasteiger partial charge in [0.05, 0.1) is 12.7 Å². The Labute approximate surface area is 215 Å². The number of benzene rings is 2. The smallest absolute Gasteiger partial charge is 0.424 e. The number of alkyl halides is 3. The number of ether oxygens (including phenoxy) is 1. The number of carbonyl (C=O) groups excluding carboxylic acids is 2. The highest BCUT2D eigenvalue weighted by Gasteiger charge is 2.48. The summed E-state index contributed by atoms with van der Waals surface area (Å²) in [7, 11) is 1.36. The molecule has 1 aromatic heterocycles. The van der Waals surface area contributed by atoms with Gasteiger partial charge in [0, 0.05) is 25.2 Å². The van der Waals surface area contributed by atoms with Gasteiger partial charge in [-0.1, -0.05) is 24.3 Å². The largest absolute Gasteiger partial charge is 0.496 e. The predicted molar refractivity (Wildman–Crippen MR) is 131 cm³/mol. The first-order valence-electron chi connectivity index (χ1n) is 11.7. The molecule has 0 saturated carbocycles. The van der Waals surface area contributed by atoms with Crippen LogP contribution in [0.3, 0.4) is 0 Å². The number of anilines is 1. The summed E-state index contributed by atoms with van der Waals surface area (Å²) in [6, 6.07) is 9.82. The standard InChI is InChI=1S/C25H26F4N6O3/c1-38-18-9-8-16(26)12-17(18)23(37)32-13-14-4-6-15(7-5-14)20-19(22(31)36)21(30)35(33-20)24(25(27,28)29)34-10-2-3-11-34/h4-9,12,24H,2-3,10-11,13,30H2,1H3,(H2,31,36)(H,32,37). The Balaban J connectivity index is 1.59. The molecule has 1 unspecified atom stereocenters. The number of methoxy groups -OCH3 is 1. The second kappa shape index (κ2) is 10.7. The van der Waals surface area contributed by atoms with E-state index in [0.29, 0.717) is 28.7 Å². The minimum Gasteiger partial charge on any atom is -0.496 e. The van der Waals surface area contributed by atoms with E-state index < -0.39 is 35.8 Å². The molecule has 1 aliphatic rings. The summed E-state index contributed by atoms with van der Waals surface area (Å²) < 4.78 is 61.4. The number of carbonyl (C=O) groups is 2. The minimum atomic E-state index is -4.69. The van der Waals surface area contributed by atoms with Gasteiger partial charge < -0.3 is 21.5 Å². The van der Waals surface area contributed by atoms with Crippen molar-refractivity contribution in [3.05, 3.63) is 65.0 Å². The van der Waals surface area contributed by atoms with Crippen LogP contribution in [-0.4, -0.2) is 52.9 Å². The van der Waals surface area contributed by atoms with Crippen LogP contribution in [0.15, 0.2) is 42.5 Å². The molecule has 5 N–H and O–H groups in total. The Kier molecular flexibility index (Phi) is 7.58. The minimum absolute atomic E-state index is 0.0217. The third-order valence-corrected chi connectivity index (χ3v) is 6.29. The Hall–Kier alpha value is -4.13. The summed E-state index contributed by atoms with van der Waals surface area (Å²) >= 11 is 0. The van der Waals surface area contributed by atoms with E-state index >= 15 is 0 Å². The summed E-state index contributed by atoms with van der Waals surface area (Å²) in [5.41, 5.74) is 12.0. The molecule has 38 heavy (non-hydrogen) atoms. The average Bonchev–Trinajstić information content (AvgIpc) is 3.51. The fraction of sp³-hybridized carbons (Fsp3) is 0.320. The quantitative estimate of drug-likeness (QED) is 0.380. The Morgan fingerprint density at radius 1 is 1.13 bits per heavy atom. The number of nitrogens with zero attached hydrogens (tertiary/aromatic N) is 3. The maximum Gasteiger partial charge on any atom is 0.424 e. The van der Waals surface area contributed by atoms with Crippen molar-refractivity contribution in [1.29, 1.82) is 0 Å². The van der Waals surface area contributed by atoms with Crippen molar-refractivity contribution in [1.82, 2.24) is 20.0 Å². The molecule has 1 atom stereocenters. The summed E-state index contributed by atoms with van der Waals surface area (Å²) in [6.45, 7) is 0.488. The van der Waals surface area contributed by atoms with E-state index in [1.807, 2.05) is 0 Å². The van der Waals surface area contributed by atoms with E-state index in [2.05, 4.69) is 10.4 Å². The van der Waals surface area contributed by atoms with Crippen molar-refractivity contribution in [3.8, 4) is 17.0 Å². The van der Waals surface area contributed by atoms with Crippen LogP contribution in [0.4, 0.5) is 23.4 Å². The number of primary amides is 1. The predicted octanol–water partition coefficient (Wildman–Crippen LogP) is 3.47. The maximum absolute atomic E-state index is 14.0. The number of nitrogens with one attached hydrogen (secondary N) is 1. The second-order valence-electron chi connectivity index (χ2n) is 8.80. The number of amides is 2. The van der Waals surface area contributed by atoms with Gasteiger partial charge in [-0.15, -0.1) is 0 Å². The van der Waals surface area contributed by atoms with Crippen molar-refractivity contribution >= 4 is 17.6 Å². The van der Waals surface area contributed by atoms with Crippen molar-refractivity contribution in [2.45, 2.75) is 31.7 Å². The number of nitrogens with two attached hydrogens (primary N) is 2. The first-order chi connectivity index (χ1) is 18.0. The van der Waals surface area contributed by atoms with Crippen LogP contribution < -0.4 is 21.5 Å². The van der Waals surface area contributed by atoms with Gasteiger partial charge in [0.1, 0.15) is 28.6 Å². The van der Waals surface area contributed by atoms with E-state index in [-0.39, 0.29) is 42.2 Å². The van der Waals surface area contributed by atoms with E-state index in [4.69, 9.17) is 16.2 Å². The number of likely N-dealkylation sites (tertiary alicyclic amines) is 1. The molecule has 0 aliphatic carbocycles. The van der Waals surface area contributed by atoms with Crippen LogP contribution in [0.2, 0.25) is 0 Å². The van der Waals surface area contributed by atoms with Gasteiger partial charge in [-0.25, -0.2) is 9.07 Å². The molecule has 0 spiro atoms. The van der Waals surface area contributed by atoms with Crippen molar-refractivity contribution < 1.29 is 31.9 Å². The van der Waals surface area contributed by atoms with Gasteiger partial charge in [0.2, 0.25) is 6.17 Å². The van der Waals surface area contributed by atoms with Crippen molar-refractivity contribution in [2.75, 3.05) is 25.9 Å².